The van der Waals surface area contributed by atoms with Gasteiger partial charge in [-0.25, -0.2) is 0 Å². The Labute approximate surface area is 120 Å². The number of ether oxygens (including phenoxy) is 1. The number of anilines is 1. The number of methoxy groups -OCH3 is 1. The van der Waals surface area contributed by atoms with Gasteiger partial charge in [-0.3, -0.25) is 4.79 Å². The molecule has 0 bridgehead atoms. The fourth-order valence-corrected chi connectivity index (χ4v) is 2.25. The molecule has 1 aromatic rings. The number of benzene rings is 1. The van der Waals surface area contributed by atoms with E-state index in [1.807, 2.05) is 25.1 Å². The topological polar surface area (TPSA) is 50.4 Å². The Morgan fingerprint density at radius 3 is 2.95 bits per heavy atom. The van der Waals surface area contributed by atoms with Crippen LogP contribution in [0.15, 0.2) is 18.2 Å². The van der Waals surface area contributed by atoms with Gasteiger partial charge in [-0.05, 0) is 50.0 Å². The predicted octanol–water partition coefficient (Wildman–Crippen LogP) is 2.36. The molecule has 4 nitrogen and oxygen atoms in total. The zero-order chi connectivity index (χ0) is 13.0. The Morgan fingerprint density at radius 1 is 1.53 bits per heavy atom. The number of carbonyl (C=O) groups is 1. The van der Waals surface area contributed by atoms with Crippen molar-refractivity contribution in [1.82, 2.24) is 5.32 Å². The van der Waals surface area contributed by atoms with Gasteiger partial charge in [-0.1, -0.05) is 6.07 Å². The maximum Gasteiger partial charge on any atom is 0.224 e. The molecule has 19 heavy (non-hydrogen) atoms. The number of halogens is 1. The first-order chi connectivity index (χ1) is 8.69. The summed E-state index contributed by atoms with van der Waals surface area (Å²) in [5.74, 6) is 1.24. The molecule has 0 spiro atoms. The zero-order valence-corrected chi connectivity index (χ0v) is 12.2. The second kappa shape index (κ2) is 7.36. The lowest BCUT2D eigenvalue weighted by molar-refractivity contribution is -0.117. The van der Waals surface area contributed by atoms with E-state index >= 15 is 0 Å². The zero-order valence-electron chi connectivity index (χ0n) is 11.4. The average molecular weight is 285 g/mol. The van der Waals surface area contributed by atoms with Gasteiger partial charge in [0.2, 0.25) is 5.91 Å². The van der Waals surface area contributed by atoms with Gasteiger partial charge in [0.25, 0.3) is 0 Å². The first-order valence-electron chi connectivity index (χ1n) is 6.34. The number of nitrogens with one attached hydrogen (secondary N) is 2. The number of carbonyl (C=O) groups excluding carboxylic acids is 1. The van der Waals surface area contributed by atoms with Gasteiger partial charge in [0.05, 0.1) is 12.8 Å². The summed E-state index contributed by atoms with van der Waals surface area (Å²) in [7, 11) is 1.62. The second-order valence-electron chi connectivity index (χ2n) is 4.81. The van der Waals surface area contributed by atoms with Crippen LogP contribution in [0.3, 0.4) is 0 Å². The van der Waals surface area contributed by atoms with Crippen molar-refractivity contribution in [3.63, 3.8) is 0 Å². The van der Waals surface area contributed by atoms with E-state index in [0.717, 1.165) is 30.8 Å². The number of rotatable bonds is 4. The molecule has 2 N–H and O–H groups in total. The molecule has 1 saturated heterocycles. The smallest absolute Gasteiger partial charge is 0.224 e. The monoisotopic (exact) mass is 284 g/mol. The third-order valence-electron chi connectivity index (χ3n) is 3.27. The quantitative estimate of drug-likeness (QED) is 0.892. The van der Waals surface area contributed by atoms with Crippen molar-refractivity contribution in [3.05, 3.63) is 23.8 Å². The van der Waals surface area contributed by atoms with Crippen LogP contribution >= 0.6 is 12.4 Å². The molecule has 1 fully saturated rings. The van der Waals surface area contributed by atoms with Crippen LogP contribution < -0.4 is 15.4 Å². The third-order valence-corrected chi connectivity index (χ3v) is 3.27. The van der Waals surface area contributed by atoms with Crippen molar-refractivity contribution >= 4 is 24.0 Å². The maximum absolute atomic E-state index is 11.9. The summed E-state index contributed by atoms with van der Waals surface area (Å²) in [4.78, 5) is 11.9. The molecule has 0 saturated carbocycles. The lowest BCUT2D eigenvalue weighted by Gasteiger charge is -2.12. The first-order valence-corrected chi connectivity index (χ1v) is 6.34. The van der Waals surface area contributed by atoms with Gasteiger partial charge in [-0.15, -0.1) is 12.4 Å². The van der Waals surface area contributed by atoms with Gasteiger partial charge >= 0.3 is 0 Å². The largest absolute Gasteiger partial charge is 0.495 e. The van der Waals surface area contributed by atoms with E-state index in [0.29, 0.717) is 18.1 Å². The normalized spacial score (nSPS) is 17.7. The molecule has 106 valence electrons. The highest BCUT2D eigenvalue weighted by molar-refractivity contribution is 5.92. The van der Waals surface area contributed by atoms with Crippen LogP contribution in [0.1, 0.15) is 18.4 Å². The van der Waals surface area contributed by atoms with Crippen molar-refractivity contribution in [2.45, 2.75) is 19.8 Å². The van der Waals surface area contributed by atoms with Crippen molar-refractivity contribution in [1.29, 1.82) is 0 Å². The van der Waals surface area contributed by atoms with Crippen molar-refractivity contribution < 1.29 is 9.53 Å². The predicted molar refractivity (Wildman–Crippen MR) is 79.2 cm³/mol. The van der Waals surface area contributed by atoms with Crippen LogP contribution in [0.25, 0.3) is 0 Å². The van der Waals surface area contributed by atoms with E-state index in [9.17, 15) is 4.79 Å². The highest BCUT2D eigenvalue weighted by Crippen LogP contribution is 2.25. The summed E-state index contributed by atoms with van der Waals surface area (Å²) in [5.41, 5.74) is 1.86. The van der Waals surface area contributed by atoms with E-state index in [-0.39, 0.29) is 18.3 Å². The van der Waals surface area contributed by atoms with Crippen LogP contribution in [0.2, 0.25) is 0 Å². The minimum absolute atomic E-state index is 0. The number of hydrogen-bond acceptors (Lipinski definition) is 3. The Kier molecular flexibility index (Phi) is 6.12. The van der Waals surface area contributed by atoms with Crippen LogP contribution in [0.5, 0.6) is 5.75 Å². The Hall–Kier alpha value is -1.26. The molecule has 1 amide bonds. The van der Waals surface area contributed by atoms with E-state index in [1.54, 1.807) is 7.11 Å². The van der Waals surface area contributed by atoms with E-state index in [1.165, 1.54) is 0 Å². The van der Waals surface area contributed by atoms with E-state index in [2.05, 4.69) is 10.6 Å². The molecule has 0 aliphatic carbocycles. The second-order valence-corrected chi connectivity index (χ2v) is 4.81. The van der Waals surface area contributed by atoms with Crippen LogP contribution in [0.4, 0.5) is 5.69 Å². The number of hydrogen-bond donors (Lipinski definition) is 2. The Balaban J connectivity index is 0.00000180. The molecule has 5 heteroatoms. The molecule has 0 aromatic heterocycles. The molecule has 1 atom stereocenters. The van der Waals surface area contributed by atoms with Crippen LogP contribution in [-0.4, -0.2) is 26.1 Å². The molecule has 0 radical (unpaired) electrons. The van der Waals surface area contributed by atoms with Gasteiger partial charge in [0, 0.05) is 6.42 Å². The SMILES string of the molecule is COc1cc(C)ccc1NC(=O)CC1CCNC1.Cl. The fraction of sp³-hybridized carbons (Fsp3) is 0.500. The van der Waals surface area contributed by atoms with Crippen LogP contribution in [0, 0.1) is 12.8 Å². The molecule has 1 unspecified atom stereocenters. The molecule has 1 aromatic carbocycles. The minimum atomic E-state index is 0. The summed E-state index contributed by atoms with van der Waals surface area (Å²) in [6.45, 7) is 3.96. The first kappa shape index (κ1) is 15.8. The molecule has 1 heterocycles. The maximum atomic E-state index is 11.9. The summed E-state index contributed by atoms with van der Waals surface area (Å²) >= 11 is 0. The Bertz CT molecular complexity index is 431. The molecule has 1 aliphatic rings. The van der Waals surface area contributed by atoms with Gasteiger partial charge < -0.3 is 15.4 Å². The molecular formula is C14H21ClN2O2. The fourth-order valence-electron chi connectivity index (χ4n) is 2.25. The number of amides is 1. The van der Waals surface area contributed by atoms with Crippen LogP contribution in [-0.2, 0) is 4.79 Å². The molecule has 1 aliphatic heterocycles. The molecular weight excluding hydrogens is 264 g/mol. The Morgan fingerprint density at radius 2 is 2.32 bits per heavy atom. The van der Waals surface area contributed by atoms with Crippen molar-refractivity contribution in [2.75, 3.05) is 25.5 Å². The van der Waals surface area contributed by atoms with Gasteiger partial charge in [0.15, 0.2) is 0 Å². The lowest BCUT2D eigenvalue weighted by Crippen LogP contribution is -2.18. The molecule has 2 rings (SSSR count). The average Bonchev–Trinajstić information content (AvgIpc) is 2.84. The summed E-state index contributed by atoms with van der Waals surface area (Å²) < 4.78 is 5.27. The summed E-state index contributed by atoms with van der Waals surface area (Å²) in [6, 6.07) is 5.78. The highest BCUT2D eigenvalue weighted by Gasteiger charge is 2.18. The summed E-state index contributed by atoms with van der Waals surface area (Å²) in [5, 5.41) is 6.19. The number of aryl methyl sites for hydroxylation is 1. The van der Waals surface area contributed by atoms with E-state index in [4.69, 9.17) is 4.74 Å². The van der Waals surface area contributed by atoms with E-state index < -0.39 is 0 Å². The van der Waals surface area contributed by atoms with Crippen molar-refractivity contribution in [3.8, 4) is 5.75 Å². The lowest BCUT2D eigenvalue weighted by atomic mass is 10.0. The van der Waals surface area contributed by atoms with Gasteiger partial charge in [0.1, 0.15) is 5.75 Å². The third kappa shape index (κ3) is 4.40. The van der Waals surface area contributed by atoms with Gasteiger partial charge in [-0.2, -0.15) is 0 Å². The summed E-state index contributed by atoms with van der Waals surface area (Å²) in [6.07, 6.45) is 1.66. The highest BCUT2D eigenvalue weighted by atomic mass is 35.5. The minimum Gasteiger partial charge on any atom is -0.495 e. The standard InChI is InChI=1S/C14H20N2O2.ClH/c1-10-3-4-12(13(7-10)18-2)16-14(17)8-11-5-6-15-9-11;/h3-4,7,11,15H,5-6,8-9H2,1-2H3,(H,16,17);1H. The van der Waals surface area contributed by atoms with Crippen molar-refractivity contribution in [2.24, 2.45) is 5.92 Å².